The van der Waals surface area contributed by atoms with Crippen molar-refractivity contribution in [1.29, 1.82) is 0 Å². The van der Waals surface area contributed by atoms with E-state index >= 15 is 0 Å². The lowest BCUT2D eigenvalue weighted by Gasteiger charge is -2.16. The van der Waals surface area contributed by atoms with E-state index in [1.54, 1.807) is 12.3 Å². The molecule has 0 amide bonds. The number of thiophene rings is 1. The second-order valence-electron chi connectivity index (χ2n) is 4.99. The van der Waals surface area contributed by atoms with Gasteiger partial charge in [0, 0.05) is 19.1 Å². The smallest absolute Gasteiger partial charge is 0.347 e. The predicted molar refractivity (Wildman–Crippen MR) is 76.9 cm³/mol. The van der Waals surface area contributed by atoms with Gasteiger partial charge in [0.2, 0.25) is 10.0 Å². The number of aromatic carboxylic acids is 1. The number of carbonyl (C=O) groups is 1. The molecule has 1 heterocycles. The Balaban J connectivity index is 2.06. The maximum atomic E-state index is 12.2. The van der Waals surface area contributed by atoms with Gasteiger partial charge in [0.1, 0.15) is 9.77 Å². The molecule has 0 spiro atoms. The molecular formula is C12H18N2O4S2. The van der Waals surface area contributed by atoms with Crippen LogP contribution < -0.4 is 4.72 Å². The first-order valence-electron chi connectivity index (χ1n) is 6.34. The lowest BCUT2D eigenvalue weighted by Crippen LogP contribution is -2.34. The molecule has 1 saturated carbocycles. The fourth-order valence-corrected chi connectivity index (χ4v) is 4.69. The molecule has 1 aromatic heterocycles. The number of nitrogens with zero attached hydrogens (tertiary/aromatic N) is 1. The molecule has 0 bridgehead atoms. The third kappa shape index (κ3) is 3.38. The molecule has 0 saturated heterocycles. The van der Waals surface area contributed by atoms with Crippen LogP contribution in [0.25, 0.3) is 0 Å². The molecule has 8 heteroatoms. The van der Waals surface area contributed by atoms with Crippen molar-refractivity contribution in [3.05, 3.63) is 15.8 Å². The summed E-state index contributed by atoms with van der Waals surface area (Å²) in [5.41, 5.74) is 0.468. The van der Waals surface area contributed by atoms with E-state index in [9.17, 15) is 13.2 Å². The highest BCUT2D eigenvalue weighted by molar-refractivity contribution is 7.89. The Hall–Kier alpha value is -0.960. The first-order chi connectivity index (χ1) is 9.33. The molecule has 0 unspecified atom stereocenters. The first kappa shape index (κ1) is 15.4. The third-order valence-corrected chi connectivity index (χ3v) is 6.17. The maximum Gasteiger partial charge on any atom is 0.347 e. The minimum Gasteiger partial charge on any atom is -0.477 e. The summed E-state index contributed by atoms with van der Waals surface area (Å²) < 4.78 is 26.9. The Kier molecular flexibility index (Phi) is 4.48. The van der Waals surface area contributed by atoms with Gasteiger partial charge in [-0.25, -0.2) is 17.9 Å². The van der Waals surface area contributed by atoms with Crippen molar-refractivity contribution in [2.45, 2.75) is 30.7 Å². The number of likely N-dealkylation sites (N-methyl/N-ethyl adjacent to an activating group) is 1. The molecule has 1 aliphatic rings. The largest absolute Gasteiger partial charge is 0.477 e. The zero-order valence-corrected chi connectivity index (χ0v) is 13.1. The zero-order valence-electron chi connectivity index (χ0n) is 11.4. The van der Waals surface area contributed by atoms with Gasteiger partial charge >= 0.3 is 5.97 Å². The number of nitrogens with one attached hydrogen (secondary N) is 1. The second-order valence-corrected chi connectivity index (χ2v) is 7.58. The van der Waals surface area contributed by atoms with Crippen molar-refractivity contribution in [1.82, 2.24) is 9.62 Å². The molecule has 1 fully saturated rings. The van der Waals surface area contributed by atoms with E-state index < -0.39 is 16.0 Å². The molecular weight excluding hydrogens is 300 g/mol. The summed E-state index contributed by atoms with van der Waals surface area (Å²) in [6.45, 7) is 2.51. The van der Waals surface area contributed by atoms with Crippen LogP contribution in [0.2, 0.25) is 0 Å². The summed E-state index contributed by atoms with van der Waals surface area (Å²) in [6.07, 6.45) is 2.33. The van der Waals surface area contributed by atoms with Crippen LogP contribution in [0.4, 0.5) is 0 Å². The van der Waals surface area contributed by atoms with Crippen molar-refractivity contribution in [2.24, 2.45) is 0 Å². The van der Waals surface area contributed by atoms with Gasteiger partial charge in [0.25, 0.3) is 0 Å². The van der Waals surface area contributed by atoms with Gasteiger partial charge < -0.3 is 10.0 Å². The normalized spacial score (nSPS) is 15.8. The van der Waals surface area contributed by atoms with E-state index in [0.717, 1.165) is 24.2 Å². The molecule has 112 valence electrons. The summed E-state index contributed by atoms with van der Waals surface area (Å²) >= 11 is 0.937. The summed E-state index contributed by atoms with van der Waals surface area (Å²) in [7, 11) is -1.81. The van der Waals surface area contributed by atoms with Crippen LogP contribution >= 0.6 is 11.3 Å². The van der Waals surface area contributed by atoms with Gasteiger partial charge in [-0.1, -0.05) is 0 Å². The molecule has 1 aromatic rings. The van der Waals surface area contributed by atoms with Crippen molar-refractivity contribution in [3.8, 4) is 0 Å². The highest BCUT2D eigenvalue weighted by atomic mass is 32.2. The molecule has 2 rings (SSSR count). The van der Waals surface area contributed by atoms with Crippen LogP contribution in [-0.2, 0) is 10.0 Å². The predicted octanol–water partition coefficient (Wildman–Crippen LogP) is 1.13. The van der Waals surface area contributed by atoms with Crippen LogP contribution in [0.5, 0.6) is 0 Å². The molecule has 1 aliphatic carbocycles. The van der Waals surface area contributed by atoms with Crippen LogP contribution in [-0.4, -0.2) is 50.6 Å². The van der Waals surface area contributed by atoms with Crippen LogP contribution in [0.3, 0.4) is 0 Å². The zero-order chi connectivity index (χ0) is 14.9. The Labute approximate surface area is 122 Å². The molecule has 6 nitrogen and oxygen atoms in total. The summed E-state index contributed by atoms with van der Waals surface area (Å²) in [5, 5.41) is 10.6. The van der Waals surface area contributed by atoms with Crippen LogP contribution in [0.15, 0.2) is 10.3 Å². The number of carboxylic acids is 1. The summed E-state index contributed by atoms with van der Waals surface area (Å²) in [6, 6.07) is 0.567. The topological polar surface area (TPSA) is 86.7 Å². The van der Waals surface area contributed by atoms with Crippen molar-refractivity contribution >= 4 is 27.3 Å². The van der Waals surface area contributed by atoms with Crippen molar-refractivity contribution < 1.29 is 18.3 Å². The number of hydrogen-bond donors (Lipinski definition) is 2. The molecule has 0 aromatic carbocycles. The molecule has 0 atom stereocenters. The minimum atomic E-state index is -3.77. The van der Waals surface area contributed by atoms with E-state index in [1.807, 2.05) is 7.05 Å². The van der Waals surface area contributed by atoms with Gasteiger partial charge in [-0.3, -0.25) is 0 Å². The molecule has 0 aliphatic heterocycles. The highest BCUT2D eigenvalue weighted by Crippen LogP contribution is 2.27. The Morgan fingerprint density at radius 1 is 1.55 bits per heavy atom. The fourth-order valence-electron chi connectivity index (χ4n) is 2.04. The maximum absolute atomic E-state index is 12.2. The quantitative estimate of drug-likeness (QED) is 0.787. The van der Waals surface area contributed by atoms with Crippen molar-refractivity contribution in [2.75, 3.05) is 20.1 Å². The Bertz CT molecular complexity index is 605. The van der Waals surface area contributed by atoms with Crippen molar-refractivity contribution in [3.63, 3.8) is 0 Å². The van der Waals surface area contributed by atoms with Gasteiger partial charge in [0.15, 0.2) is 0 Å². The summed E-state index contributed by atoms with van der Waals surface area (Å²) in [4.78, 5) is 12.9. The lowest BCUT2D eigenvalue weighted by molar-refractivity contribution is 0.0698. The fraction of sp³-hybridized carbons (Fsp3) is 0.583. The molecule has 0 radical (unpaired) electrons. The average molecular weight is 318 g/mol. The minimum absolute atomic E-state index is 0.107. The number of sulfonamides is 1. The van der Waals surface area contributed by atoms with Crippen LogP contribution in [0, 0.1) is 6.92 Å². The Morgan fingerprint density at radius 3 is 2.75 bits per heavy atom. The number of rotatable bonds is 7. The summed E-state index contributed by atoms with van der Waals surface area (Å²) in [5.74, 6) is -1.21. The number of hydrogen-bond acceptors (Lipinski definition) is 5. The molecule has 20 heavy (non-hydrogen) atoms. The number of carboxylic acid groups (broad SMARTS) is 1. The third-order valence-electron chi connectivity index (χ3n) is 3.31. The number of aryl methyl sites for hydroxylation is 1. The van der Waals surface area contributed by atoms with Crippen LogP contribution in [0.1, 0.15) is 28.1 Å². The SMILES string of the molecule is Cc1csc(C(=O)O)c1S(=O)(=O)NCCN(C)C1CC1. The van der Waals surface area contributed by atoms with Gasteiger partial charge in [-0.2, -0.15) is 0 Å². The second kappa shape index (κ2) is 5.80. The standard InChI is InChI=1S/C12H18N2O4S2/c1-8-7-19-10(12(15)16)11(8)20(17,18)13-5-6-14(2)9-3-4-9/h7,9,13H,3-6H2,1-2H3,(H,15,16). The molecule has 2 N–H and O–H groups in total. The van der Waals surface area contributed by atoms with E-state index in [-0.39, 0.29) is 16.3 Å². The monoisotopic (exact) mass is 318 g/mol. The van der Waals surface area contributed by atoms with E-state index in [0.29, 0.717) is 18.2 Å². The van der Waals surface area contributed by atoms with E-state index in [4.69, 9.17) is 5.11 Å². The average Bonchev–Trinajstić information content (AvgIpc) is 3.11. The van der Waals surface area contributed by atoms with Gasteiger partial charge in [-0.15, -0.1) is 11.3 Å². The van der Waals surface area contributed by atoms with Gasteiger partial charge in [0.05, 0.1) is 0 Å². The Morgan fingerprint density at radius 2 is 2.20 bits per heavy atom. The van der Waals surface area contributed by atoms with E-state index in [2.05, 4.69) is 9.62 Å². The van der Waals surface area contributed by atoms with E-state index in [1.165, 1.54) is 0 Å². The lowest BCUT2D eigenvalue weighted by atomic mass is 10.3. The van der Waals surface area contributed by atoms with Gasteiger partial charge in [-0.05, 0) is 37.8 Å². The first-order valence-corrected chi connectivity index (χ1v) is 8.70. The highest BCUT2D eigenvalue weighted by Gasteiger charge is 2.28.